The van der Waals surface area contributed by atoms with Crippen LogP contribution >= 0.6 is 11.8 Å². The van der Waals surface area contributed by atoms with Crippen LogP contribution in [0.25, 0.3) is 0 Å². The molecule has 1 aromatic carbocycles. The first-order valence-electron chi connectivity index (χ1n) is 6.68. The maximum Gasteiger partial charge on any atom is 0.288 e. The number of nitrogens with zero attached hydrogens (tertiary/aromatic N) is 1. The third-order valence-corrected chi connectivity index (χ3v) is 3.84. The summed E-state index contributed by atoms with van der Waals surface area (Å²) in [4.78, 5) is 24.3. The lowest BCUT2D eigenvalue weighted by Crippen LogP contribution is -2.31. The predicted octanol–water partition coefficient (Wildman–Crippen LogP) is 3.69. The Hall–Kier alpha value is -1.94. The number of thioether (sulfide) groups is 1. The first kappa shape index (κ1) is 18.1. The summed E-state index contributed by atoms with van der Waals surface area (Å²) in [5, 5.41) is 11.5. The molecule has 0 saturated carbocycles. The normalized spacial score (nSPS) is 13.3. The Bertz CT molecular complexity index is 570. The fourth-order valence-corrected chi connectivity index (χ4v) is 2.17. The molecular weight excluding hydrogens is 310 g/mol. The average molecular weight is 326 g/mol. The van der Waals surface area contributed by atoms with Crippen molar-refractivity contribution in [2.75, 3.05) is 5.32 Å². The van der Waals surface area contributed by atoms with Crippen molar-refractivity contribution in [2.45, 2.75) is 30.9 Å². The molecule has 0 fully saturated rings. The van der Waals surface area contributed by atoms with Crippen LogP contribution < -0.4 is 5.32 Å². The second-order valence-electron chi connectivity index (χ2n) is 4.67. The molecule has 0 heterocycles. The van der Waals surface area contributed by atoms with E-state index in [2.05, 4.69) is 5.32 Å². The lowest BCUT2D eigenvalue weighted by Gasteiger charge is -2.13. The fraction of sp³-hybridized carbons (Fsp3) is 0.400. The lowest BCUT2D eigenvalue weighted by molar-refractivity contribution is -0.131. The highest BCUT2D eigenvalue weighted by Gasteiger charge is 2.29. The number of carbonyl (C=O) groups is 2. The number of benzene rings is 1. The highest BCUT2D eigenvalue weighted by Crippen LogP contribution is 2.26. The molecular formula is C15H16F2N2O2S. The number of ketones is 1. The maximum absolute atomic E-state index is 12.2. The molecule has 0 aliphatic heterocycles. The zero-order valence-electron chi connectivity index (χ0n) is 12.2. The molecule has 0 bridgehead atoms. The van der Waals surface area contributed by atoms with Gasteiger partial charge in [-0.05, 0) is 30.7 Å². The highest BCUT2D eigenvalue weighted by atomic mass is 32.2. The monoisotopic (exact) mass is 326 g/mol. The summed E-state index contributed by atoms with van der Waals surface area (Å²) in [7, 11) is 0. The quantitative estimate of drug-likeness (QED) is 0.613. The Morgan fingerprint density at radius 2 is 1.91 bits per heavy atom. The molecule has 1 aromatic rings. The molecule has 1 rings (SSSR count). The smallest absolute Gasteiger partial charge is 0.288 e. The average Bonchev–Trinajstić information content (AvgIpc) is 2.48. The van der Waals surface area contributed by atoms with Gasteiger partial charge in [-0.15, -0.1) is 0 Å². The minimum Gasteiger partial charge on any atom is -0.325 e. The summed E-state index contributed by atoms with van der Waals surface area (Å²) >= 11 is 0.396. The van der Waals surface area contributed by atoms with Crippen molar-refractivity contribution in [1.29, 1.82) is 5.26 Å². The molecule has 0 aliphatic carbocycles. The number of halogens is 2. The van der Waals surface area contributed by atoms with E-state index in [0.29, 0.717) is 28.8 Å². The van der Waals surface area contributed by atoms with Crippen LogP contribution in [0, 0.1) is 23.2 Å². The predicted molar refractivity (Wildman–Crippen MR) is 80.5 cm³/mol. The van der Waals surface area contributed by atoms with Gasteiger partial charge in [0.2, 0.25) is 5.91 Å². The zero-order chi connectivity index (χ0) is 16.7. The van der Waals surface area contributed by atoms with Crippen LogP contribution in [0.4, 0.5) is 14.5 Å². The summed E-state index contributed by atoms with van der Waals surface area (Å²) in [6.07, 6.45) is 0.545. The van der Waals surface area contributed by atoms with E-state index >= 15 is 0 Å². The number of Topliss-reactive ketones (excluding diaryl/α,β-unsaturated/α-hetero) is 1. The van der Waals surface area contributed by atoms with Crippen LogP contribution in [-0.2, 0) is 9.59 Å². The van der Waals surface area contributed by atoms with E-state index in [0.717, 1.165) is 0 Å². The number of hydrogen-bond acceptors (Lipinski definition) is 4. The van der Waals surface area contributed by atoms with E-state index in [9.17, 15) is 18.4 Å². The summed E-state index contributed by atoms with van der Waals surface area (Å²) in [6, 6.07) is 7.48. The molecule has 0 radical (unpaired) electrons. The Kier molecular flexibility index (Phi) is 6.99. The molecule has 118 valence electrons. The number of nitriles is 1. The van der Waals surface area contributed by atoms with Crippen molar-refractivity contribution in [1.82, 2.24) is 0 Å². The van der Waals surface area contributed by atoms with Crippen LogP contribution in [0.1, 0.15) is 20.3 Å². The second-order valence-corrected chi connectivity index (χ2v) is 5.73. The largest absolute Gasteiger partial charge is 0.325 e. The first-order chi connectivity index (χ1) is 10.4. The first-order valence-corrected chi connectivity index (χ1v) is 7.56. The second kappa shape index (κ2) is 8.49. The SMILES string of the molecule is CCC(C)C(=O)C(C#N)C(=O)Nc1ccc(SC(F)F)cc1. The maximum atomic E-state index is 12.2. The van der Waals surface area contributed by atoms with Crippen LogP contribution in [0.2, 0.25) is 0 Å². The topological polar surface area (TPSA) is 70.0 Å². The van der Waals surface area contributed by atoms with Gasteiger partial charge in [-0.2, -0.15) is 14.0 Å². The number of carbonyl (C=O) groups excluding carboxylic acids is 2. The molecule has 7 heteroatoms. The number of rotatable bonds is 7. The van der Waals surface area contributed by atoms with Crippen molar-refractivity contribution in [3.8, 4) is 6.07 Å². The summed E-state index contributed by atoms with van der Waals surface area (Å²) < 4.78 is 24.4. The van der Waals surface area contributed by atoms with Gasteiger partial charge in [-0.1, -0.05) is 25.6 Å². The van der Waals surface area contributed by atoms with E-state index < -0.39 is 23.4 Å². The third kappa shape index (κ3) is 5.11. The van der Waals surface area contributed by atoms with E-state index in [-0.39, 0.29) is 5.92 Å². The fourth-order valence-electron chi connectivity index (χ4n) is 1.67. The number of anilines is 1. The summed E-state index contributed by atoms with van der Waals surface area (Å²) in [5.74, 6) is -5.39. The van der Waals surface area contributed by atoms with Crippen molar-refractivity contribution < 1.29 is 18.4 Å². The third-order valence-electron chi connectivity index (χ3n) is 3.12. The molecule has 22 heavy (non-hydrogen) atoms. The van der Waals surface area contributed by atoms with Gasteiger partial charge in [-0.3, -0.25) is 9.59 Å². The number of amides is 1. The highest BCUT2D eigenvalue weighted by molar-refractivity contribution is 7.99. The Morgan fingerprint density at radius 1 is 1.32 bits per heavy atom. The van der Waals surface area contributed by atoms with Gasteiger partial charge >= 0.3 is 0 Å². The van der Waals surface area contributed by atoms with Crippen molar-refractivity contribution >= 4 is 29.1 Å². The Labute approximate surface area is 131 Å². The molecule has 1 N–H and O–H groups in total. The molecule has 0 saturated heterocycles. The van der Waals surface area contributed by atoms with Crippen molar-refractivity contribution in [2.24, 2.45) is 11.8 Å². The van der Waals surface area contributed by atoms with E-state index in [1.165, 1.54) is 24.3 Å². The van der Waals surface area contributed by atoms with Crippen LogP contribution in [-0.4, -0.2) is 17.4 Å². The zero-order valence-corrected chi connectivity index (χ0v) is 13.0. The number of alkyl halides is 2. The van der Waals surface area contributed by atoms with Gasteiger partial charge in [0.05, 0.1) is 6.07 Å². The molecule has 4 nitrogen and oxygen atoms in total. The molecule has 1 amide bonds. The molecule has 2 atom stereocenters. The number of hydrogen-bond donors (Lipinski definition) is 1. The minimum atomic E-state index is -2.52. The van der Waals surface area contributed by atoms with E-state index in [1.54, 1.807) is 19.9 Å². The molecule has 0 spiro atoms. The lowest BCUT2D eigenvalue weighted by atomic mass is 9.92. The van der Waals surface area contributed by atoms with Crippen molar-refractivity contribution in [3.05, 3.63) is 24.3 Å². The van der Waals surface area contributed by atoms with Gasteiger partial charge in [0, 0.05) is 16.5 Å². The summed E-state index contributed by atoms with van der Waals surface area (Å²) in [5.41, 5.74) is 0.348. The number of nitrogens with one attached hydrogen (secondary N) is 1. The van der Waals surface area contributed by atoms with Gasteiger partial charge in [0.15, 0.2) is 11.7 Å². The molecule has 2 unspecified atom stereocenters. The van der Waals surface area contributed by atoms with Crippen LogP contribution in [0.3, 0.4) is 0 Å². The Morgan fingerprint density at radius 3 is 2.36 bits per heavy atom. The van der Waals surface area contributed by atoms with E-state index in [1.807, 2.05) is 0 Å². The minimum absolute atomic E-state index is 0.348. The summed E-state index contributed by atoms with van der Waals surface area (Å²) in [6.45, 7) is 3.46. The van der Waals surface area contributed by atoms with Gasteiger partial charge < -0.3 is 5.32 Å². The van der Waals surface area contributed by atoms with Gasteiger partial charge in [0.1, 0.15) is 0 Å². The van der Waals surface area contributed by atoms with Crippen molar-refractivity contribution in [3.63, 3.8) is 0 Å². The van der Waals surface area contributed by atoms with Crippen LogP contribution in [0.15, 0.2) is 29.2 Å². The molecule has 0 aliphatic rings. The Balaban J connectivity index is 2.74. The standard InChI is InChI=1S/C15H16F2N2O2S/c1-3-9(2)13(20)12(8-18)14(21)19-10-4-6-11(7-5-10)22-15(16)17/h4-7,9,12,15H,3H2,1-2H3,(H,19,21). The van der Waals surface area contributed by atoms with Crippen LogP contribution in [0.5, 0.6) is 0 Å². The van der Waals surface area contributed by atoms with E-state index in [4.69, 9.17) is 5.26 Å². The van der Waals surface area contributed by atoms with Gasteiger partial charge in [-0.25, -0.2) is 0 Å². The van der Waals surface area contributed by atoms with Gasteiger partial charge in [0.25, 0.3) is 5.76 Å². The molecule has 0 aromatic heterocycles.